The third kappa shape index (κ3) is 4.79. The largest absolute Gasteiger partial charge is 0.393 e. The zero-order valence-corrected chi connectivity index (χ0v) is 13.6. The van der Waals surface area contributed by atoms with Crippen molar-refractivity contribution >= 4 is 11.9 Å². The van der Waals surface area contributed by atoms with Crippen LogP contribution in [0.25, 0.3) is 0 Å². The maximum absolute atomic E-state index is 11.9. The van der Waals surface area contributed by atoms with Crippen LogP contribution >= 0.6 is 0 Å². The molecule has 7 nitrogen and oxygen atoms in total. The second kappa shape index (κ2) is 6.70. The fourth-order valence-electron chi connectivity index (χ4n) is 1.83. The van der Waals surface area contributed by atoms with Gasteiger partial charge in [0.1, 0.15) is 5.49 Å². The lowest BCUT2D eigenvalue weighted by molar-refractivity contribution is 0.0704. The quantitative estimate of drug-likeness (QED) is 0.666. The number of carbonyl (C=O) groups excluding carboxylic acids is 1. The van der Waals surface area contributed by atoms with E-state index >= 15 is 0 Å². The van der Waals surface area contributed by atoms with Gasteiger partial charge in [0.25, 0.3) is 5.91 Å². The Morgan fingerprint density at radius 2 is 2.35 bits per heavy atom. The molecule has 0 aliphatic heterocycles. The summed E-state index contributed by atoms with van der Waals surface area (Å²) in [5, 5.41) is 13.3. The number of nitrogens with two attached hydrogens (primary N) is 1. The highest BCUT2D eigenvalue weighted by Gasteiger charge is 2.26. The minimum atomic E-state index is -2.93. The van der Waals surface area contributed by atoms with Crippen LogP contribution in [0, 0.1) is 5.89 Å². The van der Waals surface area contributed by atoms with Crippen molar-refractivity contribution in [2.45, 2.75) is 64.5 Å². The lowest BCUT2D eigenvalue weighted by Crippen LogP contribution is -2.34. The van der Waals surface area contributed by atoms with Crippen LogP contribution in [0.15, 0.2) is 11.2 Å². The van der Waals surface area contributed by atoms with E-state index in [2.05, 4.69) is 20.3 Å². The van der Waals surface area contributed by atoms with E-state index in [1.54, 1.807) is 20.8 Å². The molecule has 1 aliphatic rings. The zero-order chi connectivity index (χ0) is 23.4. The number of hydrogen-bond acceptors (Lipinski definition) is 5. The molecule has 23 heavy (non-hydrogen) atoms. The molecule has 5 N–H and O–H groups in total. The summed E-state index contributed by atoms with van der Waals surface area (Å²) < 4.78 is 57.6. The Labute approximate surface area is 146 Å². The number of nitrogens with zero attached hydrogens (tertiary/aromatic N) is 2. The number of rotatable bonds is 3. The molecule has 1 saturated carbocycles. The first kappa shape index (κ1) is 10.1. The number of aliphatic hydroxyl groups is 1. The average molecular weight is 328 g/mol. The summed E-state index contributed by atoms with van der Waals surface area (Å²) in [5.41, 5.74) is 3.80. The van der Waals surface area contributed by atoms with Crippen LogP contribution in [-0.4, -0.2) is 38.6 Å². The van der Waals surface area contributed by atoms with Crippen LogP contribution in [0.2, 0.25) is 0 Å². The highest BCUT2D eigenvalue weighted by atomic mass is 16.3. The van der Waals surface area contributed by atoms with E-state index in [0.717, 1.165) is 6.92 Å². The second-order valence-electron chi connectivity index (χ2n) is 6.28. The summed E-state index contributed by atoms with van der Waals surface area (Å²) in [5.74, 6) is -3.19. The molecule has 0 bridgehead atoms. The molecule has 0 radical (unpaired) electrons. The minimum Gasteiger partial charge on any atom is -0.393 e. The molecule has 1 aliphatic carbocycles. The summed E-state index contributed by atoms with van der Waals surface area (Å²) in [6.07, 6.45) is -9.20. The second-order valence-corrected chi connectivity index (χ2v) is 6.28. The summed E-state index contributed by atoms with van der Waals surface area (Å²) in [6.45, 7) is 6.51. The topological polar surface area (TPSA) is 116 Å². The third-order valence-electron chi connectivity index (χ3n) is 2.95. The Morgan fingerprint density at radius 3 is 2.96 bits per heavy atom. The number of anilines is 1. The van der Waals surface area contributed by atoms with E-state index in [9.17, 15) is 9.90 Å². The van der Waals surface area contributed by atoms with Gasteiger partial charge in [-0.25, -0.2) is 4.98 Å². The predicted molar refractivity (Wildman–Crippen MR) is 88.9 cm³/mol. The number of nitrogens with one attached hydrogen (secondary N) is 2. The first-order valence-electron chi connectivity index (χ1n) is 10.8. The number of hydrogen-bond donors (Lipinski definition) is 4. The van der Waals surface area contributed by atoms with E-state index < -0.39 is 65.9 Å². The Morgan fingerprint density at radius 1 is 1.65 bits per heavy atom. The normalized spacial score (nSPS) is 45.5. The Kier molecular flexibility index (Phi) is 2.93. The van der Waals surface area contributed by atoms with Gasteiger partial charge in [-0.05, 0) is 45.8 Å². The molecule has 1 aromatic rings. The lowest BCUT2D eigenvalue weighted by atomic mass is 9.85. The highest BCUT2D eigenvalue weighted by molar-refractivity contribution is 5.92. The molecular weight excluding hydrogens is 294 g/mol. The summed E-state index contributed by atoms with van der Waals surface area (Å²) in [6, 6.07) is -2.78. The van der Waals surface area contributed by atoms with Gasteiger partial charge in [-0.1, -0.05) is 6.92 Å². The summed E-state index contributed by atoms with van der Waals surface area (Å²) >= 11 is 0. The molecule has 2 rings (SSSR count). The van der Waals surface area contributed by atoms with E-state index in [1.807, 2.05) is 0 Å². The molecule has 5 atom stereocenters. The van der Waals surface area contributed by atoms with Gasteiger partial charge in [-0.3, -0.25) is 9.79 Å². The molecule has 1 heterocycles. The highest BCUT2D eigenvalue weighted by Crippen LogP contribution is 2.25. The monoisotopic (exact) mass is 328 g/mol. The van der Waals surface area contributed by atoms with Crippen LogP contribution in [0.5, 0.6) is 0 Å². The fraction of sp³-hybridized carbons (Fsp3) is 0.688. The van der Waals surface area contributed by atoms with Gasteiger partial charge in [0, 0.05) is 18.6 Å². The number of H-pyrrole nitrogens is 1. The van der Waals surface area contributed by atoms with Gasteiger partial charge >= 0.3 is 0 Å². The van der Waals surface area contributed by atoms with E-state index in [0.29, 0.717) is 0 Å². The molecule has 0 saturated heterocycles. The molecule has 1 amide bonds. The van der Waals surface area contributed by atoms with Crippen molar-refractivity contribution < 1.29 is 19.5 Å². The minimum absolute atomic E-state index is 0.00828. The maximum atomic E-state index is 11.9. The Bertz CT molecular complexity index is 914. The number of aromatic nitrogens is 2. The SMILES string of the molecule is [2H]c1nc(NC(C)(C)C)[nH]c(=NC2([2H])C([2H])C([2H])C([2H])(C)C(O)C2([2H])[2H])c1C(N)=O. The Hall–Kier alpha value is -1.89. The van der Waals surface area contributed by atoms with Crippen molar-refractivity contribution in [2.75, 3.05) is 5.32 Å². The molecule has 5 unspecified atom stereocenters. The van der Waals surface area contributed by atoms with Crippen molar-refractivity contribution in [2.24, 2.45) is 16.6 Å². The third-order valence-corrected chi connectivity index (χ3v) is 2.95. The number of carbonyl (C=O) groups is 1. The standard InChI is InChI=1S/C16H27N5O2/c1-9-5-6-10(7-12(9)22)19-14-11(13(17)23)8-18-15(20-14)21-16(2,3)4/h8-10,12,22H,5-7H2,1-4H3,(H2,17,23)(H2,18,19,20,21)/i5D,6D,7D2,8D,9D,10D. The van der Waals surface area contributed by atoms with Gasteiger partial charge in [0.15, 0.2) is 0 Å². The molecule has 1 fully saturated rings. The van der Waals surface area contributed by atoms with Crippen molar-refractivity contribution in [3.8, 4) is 0 Å². The van der Waals surface area contributed by atoms with Crippen molar-refractivity contribution in [3.05, 3.63) is 17.2 Å². The van der Waals surface area contributed by atoms with Crippen LogP contribution in [0.4, 0.5) is 5.95 Å². The van der Waals surface area contributed by atoms with Crippen molar-refractivity contribution in [3.63, 3.8) is 0 Å². The van der Waals surface area contributed by atoms with Gasteiger partial charge < -0.3 is 21.1 Å². The average Bonchev–Trinajstić information content (AvgIpc) is 2.56. The molecular formula is C16H27N5O2. The first-order chi connectivity index (χ1) is 13.4. The molecule has 1 aromatic heterocycles. The van der Waals surface area contributed by atoms with Gasteiger partial charge in [-0.15, -0.1) is 0 Å². The predicted octanol–water partition coefficient (Wildman–Crippen LogP) is 1.17. The summed E-state index contributed by atoms with van der Waals surface area (Å²) in [4.78, 5) is 22.3. The number of aliphatic hydroxyl groups excluding tert-OH is 1. The molecule has 128 valence electrons. The van der Waals surface area contributed by atoms with Gasteiger partial charge in [0.2, 0.25) is 5.95 Å². The van der Waals surface area contributed by atoms with E-state index in [-0.39, 0.29) is 5.95 Å². The van der Waals surface area contributed by atoms with Crippen molar-refractivity contribution in [1.82, 2.24) is 9.97 Å². The molecule has 7 heteroatoms. The molecule has 0 aromatic carbocycles. The van der Waals surface area contributed by atoms with Crippen LogP contribution in [0.3, 0.4) is 0 Å². The number of primary amides is 1. The lowest BCUT2D eigenvalue weighted by Gasteiger charge is -2.28. The van der Waals surface area contributed by atoms with Crippen LogP contribution in [-0.2, 0) is 0 Å². The molecule has 0 spiro atoms. The summed E-state index contributed by atoms with van der Waals surface area (Å²) in [7, 11) is 0. The smallest absolute Gasteiger partial charge is 0.254 e. The number of amides is 1. The van der Waals surface area contributed by atoms with E-state index in [4.69, 9.17) is 15.3 Å². The Balaban J connectivity index is 2.83. The van der Waals surface area contributed by atoms with Gasteiger partial charge in [-0.2, -0.15) is 0 Å². The van der Waals surface area contributed by atoms with Crippen LogP contribution in [0.1, 0.15) is 66.8 Å². The zero-order valence-electron chi connectivity index (χ0n) is 20.6. The van der Waals surface area contributed by atoms with Gasteiger partial charge in [0.05, 0.1) is 20.4 Å². The first-order valence-corrected chi connectivity index (χ1v) is 7.13. The number of aromatic amines is 1. The van der Waals surface area contributed by atoms with E-state index in [1.165, 1.54) is 0 Å². The van der Waals surface area contributed by atoms with Crippen LogP contribution < -0.4 is 16.5 Å². The fourth-order valence-corrected chi connectivity index (χ4v) is 1.83. The van der Waals surface area contributed by atoms with Crippen molar-refractivity contribution in [1.29, 1.82) is 0 Å². The maximum Gasteiger partial charge on any atom is 0.254 e.